The Labute approximate surface area is 168 Å². The van der Waals surface area contributed by atoms with Crippen LogP contribution in [-0.2, 0) is 19.6 Å². The molecule has 1 atom stereocenters. The Morgan fingerprint density at radius 1 is 1.10 bits per heavy atom. The quantitative estimate of drug-likeness (QED) is 0.692. The van der Waals surface area contributed by atoms with Gasteiger partial charge in [0.15, 0.2) is 6.61 Å². The largest absolute Gasteiger partial charge is 0.497 e. The van der Waals surface area contributed by atoms with Crippen molar-refractivity contribution in [2.45, 2.75) is 10.9 Å². The molecule has 0 bridgehead atoms. The molecule has 154 valence electrons. The van der Waals surface area contributed by atoms with E-state index in [0.717, 1.165) is 4.90 Å². The van der Waals surface area contributed by atoms with Crippen LogP contribution in [0.4, 0.5) is 4.79 Å². The fourth-order valence-corrected chi connectivity index (χ4v) is 4.28. The van der Waals surface area contributed by atoms with E-state index in [1.807, 2.05) is 0 Å². The van der Waals surface area contributed by atoms with Gasteiger partial charge in [-0.3, -0.25) is 4.79 Å². The zero-order chi connectivity index (χ0) is 21.0. The normalized spacial score (nSPS) is 15.2. The minimum atomic E-state index is -4.10. The Kier molecular flexibility index (Phi) is 6.04. The van der Waals surface area contributed by atoms with Gasteiger partial charge >= 0.3 is 6.09 Å². The Hall–Kier alpha value is -3.11. The number of cyclic esters (lactones) is 1. The average molecular weight is 420 g/mol. The van der Waals surface area contributed by atoms with Crippen molar-refractivity contribution in [3.8, 4) is 11.5 Å². The summed E-state index contributed by atoms with van der Waals surface area (Å²) >= 11 is 0. The fraction of sp³-hybridized carbons (Fsp3) is 0.263. The van der Waals surface area contributed by atoms with Crippen LogP contribution in [0.5, 0.6) is 11.5 Å². The van der Waals surface area contributed by atoms with Crippen molar-refractivity contribution < 1.29 is 32.2 Å². The van der Waals surface area contributed by atoms with Crippen molar-refractivity contribution in [1.82, 2.24) is 9.62 Å². The lowest BCUT2D eigenvalue weighted by Gasteiger charge is -2.23. The highest BCUT2D eigenvalue weighted by Crippen LogP contribution is 2.30. The summed E-state index contributed by atoms with van der Waals surface area (Å²) in [7, 11) is -1.33. The first kappa shape index (κ1) is 20.6. The maximum Gasteiger partial charge on any atom is 0.417 e. The number of nitrogens with zero attached hydrogens (tertiary/aromatic N) is 1. The van der Waals surface area contributed by atoms with E-state index in [1.54, 1.807) is 36.4 Å². The number of methoxy groups -OCH3 is 2. The molecule has 10 heteroatoms. The van der Waals surface area contributed by atoms with E-state index in [4.69, 9.17) is 14.2 Å². The topological polar surface area (TPSA) is 111 Å². The molecule has 1 unspecified atom stereocenters. The molecule has 1 aliphatic rings. The van der Waals surface area contributed by atoms with Gasteiger partial charge in [0.2, 0.25) is 10.0 Å². The first-order chi connectivity index (χ1) is 13.9. The van der Waals surface area contributed by atoms with Crippen LogP contribution in [0.25, 0.3) is 0 Å². The molecule has 0 aromatic heterocycles. The Morgan fingerprint density at radius 3 is 2.41 bits per heavy atom. The molecule has 0 aliphatic carbocycles. The van der Waals surface area contributed by atoms with Gasteiger partial charge in [-0.2, -0.15) is 0 Å². The molecule has 1 saturated heterocycles. The zero-order valence-electron chi connectivity index (χ0n) is 15.8. The molecule has 2 amide bonds. The van der Waals surface area contributed by atoms with Crippen molar-refractivity contribution in [1.29, 1.82) is 0 Å². The van der Waals surface area contributed by atoms with Gasteiger partial charge in [-0.1, -0.05) is 30.3 Å². The SMILES string of the molecule is COc1ccc(OC)c(S(=O)(=O)NC(CN2C(=O)COC2=O)c2ccccc2)c1. The summed E-state index contributed by atoms with van der Waals surface area (Å²) in [5.74, 6) is -0.0726. The third kappa shape index (κ3) is 4.49. The van der Waals surface area contributed by atoms with Crippen molar-refractivity contribution in [3.63, 3.8) is 0 Å². The summed E-state index contributed by atoms with van der Waals surface area (Å²) in [4.78, 5) is 24.5. The molecule has 29 heavy (non-hydrogen) atoms. The summed E-state index contributed by atoms with van der Waals surface area (Å²) in [5.41, 5.74) is 0.574. The predicted molar refractivity (Wildman–Crippen MR) is 102 cm³/mol. The van der Waals surface area contributed by atoms with E-state index >= 15 is 0 Å². The van der Waals surface area contributed by atoms with Crippen molar-refractivity contribution >= 4 is 22.0 Å². The molecule has 1 aliphatic heterocycles. The number of ether oxygens (including phenoxy) is 3. The smallest absolute Gasteiger partial charge is 0.417 e. The standard InChI is InChI=1S/C19H20N2O7S/c1-26-14-8-9-16(27-2)17(10-14)29(24,25)20-15(13-6-4-3-5-7-13)11-21-18(22)12-28-19(21)23/h3-10,15,20H,11-12H2,1-2H3. The number of imide groups is 1. The number of hydrogen-bond donors (Lipinski definition) is 1. The van der Waals surface area contributed by atoms with Crippen LogP contribution in [-0.4, -0.2) is 52.7 Å². The van der Waals surface area contributed by atoms with Gasteiger partial charge in [0, 0.05) is 6.07 Å². The van der Waals surface area contributed by atoms with Gasteiger partial charge in [-0.25, -0.2) is 22.8 Å². The van der Waals surface area contributed by atoms with E-state index in [0.29, 0.717) is 11.3 Å². The van der Waals surface area contributed by atoms with Crippen LogP contribution in [0.1, 0.15) is 11.6 Å². The summed E-state index contributed by atoms with van der Waals surface area (Å²) < 4.78 is 43.8. The molecule has 0 saturated carbocycles. The Balaban J connectivity index is 1.97. The van der Waals surface area contributed by atoms with Crippen molar-refractivity contribution in [2.24, 2.45) is 0 Å². The maximum atomic E-state index is 13.1. The molecule has 0 spiro atoms. The van der Waals surface area contributed by atoms with Crippen LogP contribution < -0.4 is 14.2 Å². The summed E-state index contributed by atoms with van der Waals surface area (Å²) in [6.45, 7) is -0.579. The van der Waals surface area contributed by atoms with Crippen LogP contribution in [0.3, 0.4) is 0 Å². The fourth-order valence-electron chi connectivity index (χ4n) is 2.88. The minimum Gasteiger partial charge on any atom is -0.497 e. The number of benzene rings is 2. The molecule has 1 fully saturated rings. The number of rotatable bonds is 8. The van der Waals surface area contributed by atoms with Gasteiger partial charge < -0.3 is 14.2 Å². The Bertz CT molecular complexity index is 992. The lowest BCUT2D eigenvalue weighted by atomic mass is 10.1. The van der Waals surface area contributed by atoms with Crippen LogP contribution in [0.15, 0.2) is 53.4 Å². The van der Waals surface area contributed by atoms with E-state index in [9.17, 15) is 18.0 Å². The highest BCUT2D eigenvalue weighted by molar-refractivity contribution is 7.89. The second kappa shape index (κ2) is 8.50. The van der Waals surface area contributed by atoms with Gasteiger partial charge in [0.25, 0.3) is 5.91 Å². The molecule has 9 nitrogen and oxygen atoms in total. The van der Waals surface area contributed by atoms with Crippen molar-refractivity contribution in [2.75, 3.05) is 27.4 Å². The van der Waals surface area contributed by atoms with Crippen molar-refractivity contribution in [3.05, 3.63) is 54.1 Å². The number of carbonyl (C=O) groups excluding carboxylic acids is 2. The maximum absolute atomic E-state index is 13.1. The number of sulfonamides is 1. The molecule has 2 aromatic carbocycles. The first-order valence-corrected chi connectivity index (χ1v) is 10.1. The van der Waals surface area contributed by atoms with E-state index < -0.39 is 28.1 Å². The van der Waals surface area contributed by atoms with Crippen LogP contribution in [0.2, 0.25) is 0 Å². The van der Waals surface area contributed by atoms with E-state index in [2.05, 4.69) is 4.72 Å². The summed E-state index contributed by atoms with van der Waals surface area (Å²) in [6, 6.07) is 12.1. The molecule has 3 rings (SSSR count). The number of nitrogens with one attached hydrogen (secondary N) is 1. The lowest BCUT2D eigenvalue weighted by Crippen LogP contribution is -2.40. The molecule has 1 heterocycles. The van der Waals surface area contributed by atoms with Gasteiger partial charge in [0.05, 0.1) is 26.8 Å². The molecule has 1 N–H and O–H groups in total. The van der Waals surface area contributed by atoms with Gasteiger partial charge in [-0.05, 0) is 17.7 Å². The lowest BCUT2D eigenvalue weighted by molar-refractivity contribution is -0.126. The molecular weight excluding hydrogens is 400 g/mol. The third-order valence-corrected chi connectivity index (χ3v) is 5.86. The van der Waals surface area contributed by atoms with Crippen LogP contribution >= 0.6 is 0 Å². The average Bonchev–Trinajstić information content (AvgIpc) is 3.05. The monoisotopic (exact) mass is 420 g/mol. The van der Waals surface area contributed by atoms with Crippen LogP contribution in [0, 0.1) is 0 Å². The second-order valence-corrected chi connectivity index (χ2v) is 7.84. The minimum absolute atomic E-state index is 0.127. The van der Waals surface area contributed by atoms with E-state index in [1.165, 1.54) is 26.4 Å². The van der Waals surface area contributed by atoms with E-state index in [-0.39, 0.29) is 23.8 Å². The third-order valence-electron chi connectivity index (χ3n) is 4.37. The highest BCUT2D eigenvalue weighted by Gasteiger charge is 2.35. The number of hydrogen-bond acceptors (Lipinski definition) is 7. The molecule has 2 aromatic rings. The number of amides is 2. The Morgan fingerprint density at radius 2 is 1.83 bits per heavy atom. The summed E-state index contributed by atoms with van der Waals surface area (Å²) in [5, 5.41) is 0. The van der Waals surface area contributed by atoms with Gasteiger partial charge in [-0.15, -0.1) is 0 Å². The highest BCUT2D eigenvalue weighted by atomic mass is 32.2. The first-order valence-electron chi connectivity index (χ1n) is 8.62. The molecular formula is C19H20N2O7S. The summed E-state index contributed by atoms with van der Waals surface area (Å²) in [6.07, 6.45) is -0.811. The zero-order valence-corrected chi connectivity index (χ0v) is 16.6. The predicted octanol–water partition coefficient (Wildman–Crippen LogP) is 1.70. The second-order valence-electron chi connectivity index (χ2n) is 6.16. The molecule has 0 radical (unpaired) electrons. The van der Waals surface area contributed by atoms with Gasteiger partial charge in [0.1, 0.15) is 16.4 Å². The number of carbonyl (C=O) groups is 2.